The van der Waals surface area contributed by atoms with E-state index in [1.54, 1.807) is 0 Å². The summed E-state index contributed by atoms with van der Waals surface area (Å²) >= 11 is 0.953. The molecule has 3 N–H and O–H groups in total. The molecule has 10 heteroatoms. The standard InChI is InChI=1S/C15H12F3N3O3S/c16-15(17,18)14(24)10(12(22)9-2-1-7-25-9)11(20-13(23)21-14)8-3-5-19-6-4-8/h1-7,10-11,24H,(H2,20,21,23)/t10-,11+,14-/m1/s1. The van der Waals surface area contributed by atoms with Crippen LogP contribution < -0.4 is 10.6 Å². The molecule has 0 aromatic carbocycles. The summed E-state index contributed by atoms with van der Waals surface area (Å²) in [5, 5.41) is 15.6. The number of urea groups is 1. The summed E-state index contributed by atoms with van der Waals surface area (Å²) in [6, 6.07) is 3.03. The highest BCUT2D eigenvalue weighted by Gasteiger charge is 2.66. The van der Waals surface area contributed by atoms with Gasteiger partial charge in [0.25, 0.3) is 0 Å². The molecule has 1 saturated heterocycles. The average molecular weight is 371 g/mol. The van der Waals surface area contributed by atoms with Crippen molar-refractivity contribution in [2.75, 3.05) is 0 Å². The number of carbonyl (C=O) groups is 2. The Morgan fingerprint density at radius 2 is 1.96 bits per heavy atom. The summed E-state index contributed by atoms with van der Waals surface area (Å²) in [7, 11) is 0. The van der Waals surface area contributed by atoms with Crippen LogP contribution in [0.4, 0.5) is 18.0 Å². The van der Waals surface area contributed by atoms with Crippen LogP contribution >= 0.6 is 11.3 Å². The van der Waals surface area contributed by atoms with Crippen molar-refractivity contribution in [1.82, 2.24) is 15.6 Å². The van der Waals surface area contributed by atoms with E-state index < -0.39 is 35.7 Å². The number of Topliss-reactive ketones (excluding diaryl/α,β-unsaturated/α-hetero) is 1. The van der Waals surface area contributed by atoms with Crippen molar-refractivity contribution in [1.29, 1.82) is 0 Å². The van der Waals surface area contributed by atoms with E-state index >= 15 is 0 Å². The molecule has 2 aromatic rings. The summed E-state index contributed by atoms with van der Waals surface area (Å²) in [5.41, 5.74) is -3.48. The molecule has 0 bridgehead atoms. The second kappa shape index (κ2) is 6.12. The van der Waals surface area contributed by atoms with Crippen molar-refractivity contribution in [3.8, 4) is 0 Å². The van der Waals surface area contributed by atoms with Crippen LogP contribution in [0.5, 0.6) is 0 Å². The molecule has 132 valence electrons. The molecule has 2 amide bonds. The van der Waals surface area contributed by atoms with Crippen molar-refractivity contribution in [3.63, 3.8) is 0 Å². The monoisotopic (exact) mass is 371 g/mol. The zero-order chi connectivity index (χ0) is 18.2. The quantitative estimate of drug-likeness (QED) is 0.722. The highest BCUT2D eigenvalue weighted by Crippen LogP contribution is 2.44. The maximum atomic E-state index is 13.6. The normalized spacial score (nSPS) is 26.6. The topological polar surface area (TPSA) is 91.3 Å². The third-order valence-electron chi connectivity index (χ3n) is 3.92. The van der Waals surface area contributed by atoms with Crippen LogP contribution in [0.15, 0.2) is 42.0 Å². The fourth-order valence-electron chi connectivity index (χ4n) is 2.76. The fourth-order valence-corrected chi connectivity index (χ4v) is 3.46. The summed E-state index contributed by atoms with van der Waals surface area (Å²) in [5.74, 6) is -2.93. The molecule has 3 atom stereocenters. The molecule has 0 radical (unpaired) electrons. The van der Waals surface area contributed by atoms with E-state index in [0.717, 1.165) is 11.3 Å². The van der Waals surface area contributed by atoms with Crippen LogP contribution in [-0.2, 0) is 0 Å². The molecular formula is C15H12F3N3O3S. The Labute approximate surface area is 143 Å². The number of hydrogen-bond donors (Lipinski definition) is 3. The molecule has 1 fully saturated rings. The Morgan fingerprint density at radius 1 is 1.28 bits per heavy atom. The Morgan fingerprint density at radius 3 is 2.52 bits per heavy atom. The maximum Gasteiger partial charge on any atom is 0.437 e. The fraction of sp³-hybridized carbons (Fsp3) is 0.267. The van der Waals surface area contributed by atoms with E-state index in [2.05, 4.69) is 10.3 Å². The van der Waals surface area contributed by atoms with Crippen LogP contribution in [0, 0.1) is 5.92 Å². The van der Waals surface area contributed by atoms with Gasteiger partial charge in [0, 0.05) is 12.4 Å². The van der Waals surface area contributed by atoms with Gasteiger partial charge in [-0.15, -0.1) is 11.3 Å². The minimum Gasteiger partial charge on any atom is -0.363 e. The van der Waals surface area contributed by atoms with Gasteiger partial charge in [-0.25, -0.2) is 4.79 Å². The van der Waals surface area contributed by atoms with Crippen LogP contribution in [0.1, 0.15) is 21.3 Å². The third-order valence-corrected chi connectivity index (χ3v) is 4.80. The Balaban J connectivity index is 2.15. The predicted octanol–water partition coefficient (Wildman–Crippen LogP) is 2.25. The second-order valence-corrected chi connectivity index (χ2v) is 6.39. The average Bonchev–Trinajstić information content (AvgIpc) is 3.08. The number of nitrogens with one attached hydrogen (secondary N) is 2. The number of aliphatic hydroxyl groups is 1. The number of ketones is 1. The van der Waals surface area contributed by atoms with Gasteiger partial charge < -0.3 is 15.7 Å². The largest absolute Gasteiger partial charge is 0.437 e. The zero-order valence-corrected chi connectivity index (χ0v) is 13.3. The van der Waals surface area contributed by atoms with E-state index in [1.807, 2.05) is 0 Å². The number of aromatic nitrogens is 1. The first-order valence-corrected chi connectivity index (χ1v) is 7.97. The van der Waals surface area contributed by atoms with Crippen molar-refractivity contribution in [2.45, 2.75) is 17.9 Å². The Kier molecular flexibility index (Phi) is 4.25. The molecule has 0 unspecified atom stereocenters. The molecule has 0 aliphatic carbocycles. The van der Waals surface area contributed by atoms with Crippen LogP contribution in [0.25, 0.3) is 0 Å². The minimum absolute atomic E-state index is 0.0460. The third kappa shape index (κ3) is 2.98. The van der Waals surface area contributed by atoms with E-state index in [1.165, 1.54) is 47.4 Å². The first-order valence-electron chi connectivity index (χ1n) is 7.09. The lowest BCUT2D eigenvalue weighted by Crippen LogP contribution is -2.72. The van der Waals surface area contributed by atoms with Crippen LogP contribution in [0.2, 0.25) is 0 Å². The zero-order valence-electron chi connectivity index (χ0n) is 12.4. The number of nitrogens with zero attached hydrogens (tertiary/aromatic N) is 1. The SMILES string of the molecule is O=C1N[C@@H](c2ccncc2)[C@H](C(=O)c2cccs2)[C@@](O)(C(F)(F)F)N1. The summed E-state index contributed by atoms with van der Waals surface area (Å²) in [6.45, 7) is 0. The molecule has 3 heterocycles. The first kappa shape index (κ1) is 17.4. The molecule has 0 spiro atoms. The van der Waals surface area contributed by atoms with Gasteiger partial charge in [0.05, 0.1) is 10.9 Å². The molecule has 3 rings (SSSR count). The Bertz CT molecular complexity index is 782. The van der Waals surface area contributed by atoms with Crippen LogP contribution in [0.3, 0.4) is 0 Å². The van der Waals surface area contributed by atoms with Gasteiger partial charge in [0.2, 0.25) is 5.72 Å². The summed E-state index contributed by atoms with van der Waals surface area (Å²) < 4.78 is 40.8. The molecule has 2 aromatic heterocycles. The van der Waals surface area contributed by atoms with Gasteiger partial charge in [-0.05, 0) is 29.1 Å². The smallest absolute Gasteiger partial charge is 0.363 e. The van der Waals surface area contributed by atoms with Crippen molar-refractivity contribution in [2.24, 2.45) is 5.92 Å². The number of alkyl halides is 3. The molecule has 1 aliphatic heterocycles. The van der Waals surface area contributed by atoms with Crippen molar-refractivity contribution >= 4 is 23.2 Å². The number of thiophene rings is 1. The lowest BCUT2D eigenvalue weighted by atomic mass is 9.79. The lowest BCUT2D eigenvalue weighted by molar-refractivity contribution is -0.287. The number of hydrogen-bond acceptors (Lipinski definition) is 5. The maximum absolute atomic E-state index is 13.6. The molecule has 1 aliphatic rings. The van der Waals surface area contributed by atoms with Gasteiger partial charge in [0.1, 0.15) is 5.92 Å². The molecule has 0 saturated carbocycles. The second-order valence-electron chi connectivity index (χ2n) is 5.44. The highest BCUT2D eigenvalue weighted by molar-refractivity contribution is 7.12. The molecule has 25 heavy (non-hydrogen) atoms. The minimum atomic E-state index is -5.26. The first-order chi connectivity index (χ1) is 11.7. The van der Waals surface area contributed by atoms with E-state index in [0.29, 0.717) is 0 Å². The molecule has 6 nitrogen and oxygen atoms in total. The summed E-state index contributed by atoms with van der Waals surface area (Å²) in [6.07, 6.45) is -2.61. The number of carbonyl (C=O) groups excluding carboxylic acids is 2. The number of amides is 2. The van der Waals surface area contributed by atoms with Gasteiger partial charge in [-0.2, -0.15) is 13.2 Å². The predicted molar refractivity (Wildman–Crippen MR) is 81.8 cm³/mol. The van der Waals surface area contributed by atoms with Gasteiger partial charge in [0.15, 0.2) is 5.78 Å². The van der Waals surface area contributed by atoms with Gasteiger partial charge >= 0.3 is 12.2 Å². The highest BCUT2D eigenvalue weighted by atomic mass is 32.1. The van der Waals surface area contributed by atoms with Crippen LogP contribution in [-0.4, -0.2) is 33.8 Å². The van der Waals surface area contributed by atoms with Crippen molar-refractivity contribution in [3.05, 3.63) is 52.5 Å². The van der Waals surface area contributed by atoms with E-state index in [4.69, 9.17) is 0 Å². The Hall–Kier alpha value is -2.46. The number of pyridine rings is 1. The van der Waals surface area contributed by atoms with Gasteiger partial charge in [-0.3, -0.25) is 9.78 Å². The number of halogens is 3. The van der Waals surface area contributed by atoms with E-state index in [9.17, 15) is 27.9 Å². The number of rotatable bonds is 3. The van der Waals surface area contributed by atoms with E-state index in [-0.39, 0.29) is 10.4 Å². The lowest BCUT2D eigenvalue weighted by Gasteiger charge is -2.44. The van der Waals surface area contributed by atoms with Crippen molar-refractivity contribution < 1.29 is 27.9 Å². The molecular weight excluding hydrogens is 359 g/mol. The summed E-state index contributed by atoms with van der Waals surface area (Å²) in [4.78, 5) is 28.3. The van der Waals surface area contributed by atoms with Gasteiger partial charge in [-0.1, -0.05) is 6.07 Å².